The maximum atomic E-state index is 10.5. The van der Waals surface area contributed by atoms with Gasteiger partial charge < -0.3 is 4.43 Å². The highest BCUT2D eigenvalue weighted by atomic mass is 28.4. The molecular formula is C8H17O2Si. The highest BCUT2D eigenvalue weighted by Gasteiger charge is 2.26. The summed E-state index contributed by atoms with van der Waals surface area (Å²) < 4.78 is 5.14. The van der Waals surface area contributed by atoms with Crippen LogP contribution < -0.4 is 0 Å². The summed E-state index contributed by atoms with van der Waals surface area (Å²) in [6.45, 7) is 11.5. The molecule has 0 aromatic heterocycles. The largest absolute Gasteiger partial charge is 0.520 e. The summed E-state index contributed by atoms with van der Waals surface area (Å²) in [6, 6.07) is 1.01. The van der Waals surface area contributed by atoms with Gasteiger partial charge in [0.1, 0.15) is 0 Å². The minimum absolute atomic E-state index is 0.387. The fourth-order valence-corrected chi connectivity index (χ4v) is 4.00. The van der Waals surface area contributed by atoms with Crippen LogP contribution in [-0.2, 0) is 9.22 Å². The van der Waals surface area contributed by atoms with E-state index in [4.69, 9.17) is 4.43 Å². The van der Waals surface area contributed by atoms with E-state index < -0.39 is 8.32 Å². The van der Waals surface area contributed by atoms with Gasteiger partial charge in [-0.05, 0) is 25.1 Å². The van der Waals surface area contributed by atoms with Crippen molar-refractivity contribution in [2.45, 2.75) is 33.0 Å². The molecule has 0 bridgehead atoms. The van der Waals surface area contributed by atoms with Crippen molar-refractivity contribution in [2.24, 2.45) is 5.92 Å². The molecule has 0 saturated heterocycles. The van der Waals surface area contributed by atoms with Crippen LogP contribution >= 0.6 is 0 Å². The van der Waals surface area contributed by atoms with Crippen molar-refractivity contribution in [1.29, 1.82) is 0 Å². The quantitative estimate of drug-likeness (QED) is 0.612. The van der Waals surface area contributed by atoms with Crippen molar-refractivity contribution < 1.29 is 9.22 Å². The highest BCUT2D eigenvalue weighted by Crippen LogP contribution is 2.17. The second-order valence-electron chi connectivity index (χ2n) is 3.83. The molecule has 1 radical (unpaired) electrons. The molecule has 0 aliphatic carbocycles. The zero-order chi connectivity index (χ0) is 9.07. The van der Waals surface area contributed by atoms with E-state index in [1.165, 1.54) is 0 Å². The van der Waals surface area contributed by atoms with E-state index >= 15 is 0 Å². The summed E-state index contributed by atoms with van der Waals surface area (Å²) in [4.78, 5) is 10.5. The smallest absolute Gasteiger partial charge is 0.293 e. The van der Waals surface area contributed by atoms with Gasteiger partial charge in [-0.2, -0.15) is 0 Å². The summed E-state index contributed by atoms with van der Waals surface area (Å²) in [6.07, 6.45) is 0. The van der Waals surface area contributed by atoms with Gasteiger partial charge in [0.2, 0.25) is 8.32 Å². The molecule has 0 aromatic carbocycles. The third-order valence-electron chi connectivity index (χ3n) is 1.29. The van der Waals surface area contributed by atoms with Crippen LogP contribution in [0.25, 0.3) is 0 Å². The van der Waals surface area contributed by atoms with Crippen molar-refractivity contribution in [2.75, 3.05) is 0 Å². The van der Waals surface area contributed by atoms with E-state index in [-0.39, 0.29) is 5.97 Å². The fraction of sp³-hybridized carbons (Fsp3) is 0.750. The molecule has 0 N–H and O–H groups in total. The van der Waals surface area contributed by atoms with Gasteiger partial charge in [-0.25, -0.2) is 0 Å². The molecule has 0 atom stereocenters. The molecule has 0 aliphatic rings. The molecule has 0 rings (SSSR count). The van der Waals surface area contributed by atoms with E-state index in [1.807, 2.05) is 13.1 Å². The van der Waals surface area contributed by atoms with Crippen LogP contribution in [0.2, 0.25) is 19.1 Å². The summed E-state index contributed by atoms with van der Waals surface area (Å²) in [7, 11) is -1.74. The number of carbonyl (C=O) groups is 1. The summed E-state index contributed by atoms with van der Waals surface area (Å²) in [5, 5.41) is 0. The van der Waals surface area contributed by atoms with Gasteiger partial charge in [0.15, 0.2) is 0 Å². The Morgan fingerprint density at radius 1 is 1.55 bits per heavy atom. The first kappa shape index (κ1) is 10.7. The van der Waals surface area contributed by atoms with Crippen LogP contribution in [0.15, 0.2) is 0 Å². The monoisotopic (exact) mass is 173 g/mol. The lowest BCUT2D eigenvalue weighted by Crippen LogP contribution is -2.33. The summed E-state index contributed by atoms with van der Waals surface area (Å²) >= 11 is 0. The standard InChI is InChI=1S/C8H17O2Si/c1-7(2)6-11(4,5)10-8(3)9/h7H,3,6H2,1-2,4-5H3. The second kappa shape index (κ2) is 3.90. The Bertz CT molecular complexity index is 141. The zero-order valence-corrected chi connectivity index (χ0v) is 8.81. The van der Waals surface area contributed by atoms with Gasteiger partial charge in [0.25, 0.3) is 5.97 Å². The van der Waals surface area contributed by atoms with Crippen molar-refractivity contribution in [3.63, 3.8) is 0 Å². The Hall–Kier alpha value is -0.313. The third-order valence-corrected chi connectivity index (χ3v) is 3.87. The minimum Gasteiger partial charge on any atom is -0.520 e. The van der Waals surface area contributed by atoms with Crippen LogP contribution in [0.5, 0.6) is 0 Å². The predicted octanol–water partition coefficient (Wildman–Crippen LogP) is 2.22. The fourth-order valence-electron chi connectivity index (χ4n) is 1.33. The average Bonchev–Trinajstić information content (AvgIpc) is 1.53. The molecule has 0 amide bonds. The average molecular weight is 173 g/mol. The van der Waals surface area contributed by atoms with Gasteiger partial charge in [0, 0.05) is 0 Å². The van der Waals surface area contributed by atoms with Gasteiger partial charge in [-0.3, -0.25) is 4.79 Å². The minimum atomic E-state index is -1.74. The Morgan fingerprint density at radius 3 is 2.27 bits per heavy atom. The zero-order valence-electron chi connectivity index (χ0n) is 7.81. The van der Waals surface area contributed by atoms with Gasteiger partial charge in [-0.15, -0.1) is 0 Å². The molecule has 0 aromatic rings. The van der Waals surface area contributed by atoms with E-state index in [0.717, 1.165) is 6.04 Å². The molecule has 0 spiro atoms. The molecule has 65 valence electrons. The Labute approximate surface area is 70.1 Å². The van der Waals surface area contributed by atoms with E-state index in [2.05, 4.69) is 20.8 Å². The first-order valence-corrected chi connectivity index (χ1v) is 7.00. The van der Waals surface area contributed by atoms with Crippen molar-refractivity contribution >= 4 is 14.3 Å². The molecule has 0 heterocycles. The SMILES string of the molecule is [CH2]C(=O)O[Si](C)(C)CC(C)C. The van der Waals surface area contributed by atoms with Crippen LogP contribution in [-0.4, -0.2) is 14.3 Å². The topological polar surface area (TPSA) is 26.3 Å². The van der Waals surface area contributed by atoms with Gasteiger partial charge in [-0.1, -0.05) is 13.8 Å². The van der Waals surface area contributed by atoms with E-state index in [9.17, 15) is 4.79 Å². The van der Waals surface area contributed by atoms with Gasteiger partial charge in [0.05, 0.1) is 6.92 Å². The van der Waals surface area contributed by atoms with Gasteiger partial charge >= 0.3 is 0 Å². The molecule has 0 saturated carbocycles. The molecule has 0 fully saturated rings. The molecule has 2 nitrogen and oxygen atoms in total. The maximum Gasteiger partial charge on any atom is 0.293 e. The summed E-state index contributed by atoms with van der Waals surface area (Å²) in [5.41, 5.74) is 0. The number of hydrogen-bond acceptors (Lipinski definition) is 2. The van der Waals surface area contributed by atoms with Crippen LogP contribution in [0.3, 0.4) is 0 Å². The van der Waals surface area contributed by atoms with E-state index in [0.29, 0.717) is 5.92 Å². The number of rotatable bonds is 3. The maximum absolute atomic E-state index is 10.5. The number of carbonyl (C=O) groups excluding carboxylic acids is 1. The molecule has 3 heteroatoms. The van der Waals surface area contributed by atoms with Crippen molar-refractivity contribution in [3.8, 4) is 0 Å². The van der Waals surface area contributed by atoms with E-state index in [1.54, 1.807) is 0 Å². The Morgan fingerprint density at radius 2 is 2.00 bits per heavy atom. The van der Waals surface area contributed by atoms with Crippen LogP contribution in [0.4, 0.5) is 0 Å². The Kier molecular flexibility index (Phi) is 3.79. The molecule has 11 heavy (non-hydrogen) atoms. The molecule has 0 aliphatic heterocycles. The molecule has 0 unspecified atom stereocenters. The van der Waals surface area contributed by atoms with Crippen LogP contribution in [0.1, 0.15) is 13.8 Å². The Balaban J connectivity index is 3.89. The molecular weight excluding hydrogens is 156 g/mol. The normalized spacial score (nSPS) is 11.8. The highest BCUT2D eigenvalue weighted by molar-refractivity contribution is 6.72. The third kappa shape index (κ3) is 6.10. The first-order valence-electron chi connectivity index (χ1n) is 3.88. The van der Waals surface area contributed by atoms with Crippen molar-refractivity contribution in [3.05, 3.63) is 6.92 Å². The lowest BCUT2D eigenvalue weighted by molar-refractivity contribution is -0.130. The lowest BCUT2D eigenvalue weighted by Gasteiger charge is -2.23. The number of hydrogen-bond donors (Lipinski definition) is 0. The second-order valence-corrected chi connectivity index (χ2v) is 7.96. The predicted molar refractivity (Wildman–Crippen MR) is 48.6 cm³/mol. The first-order chi connectivity index (χ1) is 4.83. The van der Waals surface area contributed by atoms with Crippen molar-refractivity contribution in [1.82, 2.24) is 0 Å². The summed E-state index contributed by atoms with van der Waals surface area (Å²) in [5.74, 6) is 0.207. The van der Waals surface area contributed by atoms with Crippen LogP contribution in [0, 0.1) is 12.8 Å². The lowest BCUT2D eigenvalue weighted by atomic mass is 10.3.